The van der Waals surface area contributed by atoms with Gasteiger partial charge in [-0.05, 0) is 51.2 Å². The summed E-state index contributed by atoms with van der Waals surface area (Å²) >= 11 is 3.67. The molecule has 0 aliphatic heterocycles. The van der Waals surface area contributed by atoms with Gasteiger partial charge in [0.15, 0.2) is 0 Å². The SMILES string of the molecule is CCn1nc(C)cc1CC(CBr)Cc1ccc(C)cc1. The molecule has 1 heterocycles. The third-order valence-corrected chi connectivity index (χ3v) is 4.56. The van der Waals surface area contributed by atoms with Gasteiger partial charge in [0.05, 0.1) is 5.69 Å². The Labute approximate surface area is 130 Å². The summed E-state index contributed by atoms with van der Waals surface area (Å²) in [5.74, 6) is 0.610. The number of rotatable bonds is 6. The lowest BCUT2D eigenvalue weighted by molar-refractivity contribution is 0.536. The molecular weight excluding hydrogens is 312 g/mol. The van der Waals surface area contributed by atoms with Crippen LogP contribution in [0.1, 0.15) is 29.4 Å². The fourth-order valence-corrected chi connectivity index (χ4v) is 3.03. The van der Waals surface area contributed by atoms with Gasteiger partial charge in [-0.15, -0.1) is 0 Å². The van der Waals surface area contributed by atoms with Gasteiger partial charge in [-0.2, -0.15) is 5.10 Å². The van der Waals surface area contributed by atoms with Crippen molar-refractivity contribution in [2.45, 2.75) is 40.2 Å². The molecule has 1 unspecified atom stereocenters. The maximum Gasteiger partial charge on any atom is 0.0596 e. The largest absolute Gasteiger partial charge is 0.270 e. The first-order valence-electron chi connectivity index (χ1n) is 7.27. The number of hydrogen-bond acceptors (Lipinski definition) is 1. The molecule has 1 atom stereocenters. The quantitative estimate of drug-likeness (QED) is 0.719. The molecule has 0 bridgehead atoms. The molecule has 0 aliphatic rings. The highest BCUT2D eigenvalue weighted by atomic mass is 79.9. The Morgan fingerprint density at radius 2 is 1.85 bits per heavy atom. The summed E-state index contributed by atoms with van der Waals surface area (Å²) in [6.45, 7) is 7.30. The second kappa shape index (κ2) is 7.07. The van der Waals surface area contributed by atoms with Crippen LogP contribution < -0.4 is 0 Å². The van der Waals surface area contributed by atoms with E-state index >= 15 is 0 Å². The lowest BCUT2D eigenvalue weighted by Gasteiger charge is -2.15. The lowest BCUT2D eigenvalue weighted by Crippen LogP contribution is -2.13. The van der Waals surface area contributed by atoms with E-state index in [2.05, 4.69) is 76.8 Å². The Balaban J connectivity index is 2.06. The molecule has 108 valence electrons. The van der Waals surface area contributed by atoms with Gasteiger partial charge in [-0.25, -0.2) is 0 Å². The Bertz CT molecular complexity index is 543. The van der Waals surface area contributed by atoms with Crippen LogP contribution >= 0.6 is 15.9 Å². The number of halogens is 1. The summed E-state index contributed by atoms with van der Waals surface area (Å²) in [4.78, 5) is 0. The van der Waals surface area contributed by atoms with Crippen LogP contribution in [0.2, 0.25) is 0 Å². The average molecular weight is 335 g/mol. The van der Waals surface area contributed by atoms with E-state index in [-0.39, 0.29) is 0 Å². The minimum Gasteiger partial charge on any atom is -0.270 e. The maximum atomic E-state index is 4.54. The zero-order valence-corrected chi connectivity index (χ0v) is 14.2. The topological polar surface area (TPSA) is 17.8 Å². The van der Waals surface area contributed by atoms with Crippen LogP contribution in [-0.2, 0) is 19.4 Å². The zero-order valence-electron chi connectivity index (χ0n) is 12.6. The van der Waals surface area contributed by atoms with Crippen molar-refractivity contribution in [1.82, 2.24) is 9.78 Å². The number of aromatic nitrogens is 2. The van der Waals surface area contributed by atoms with Crippen LogP contribution in [-0.4, -0.2) is 15.1 Å². The maximum absolute atomic E-state index is 4.54. The van der Waals surface area contributed by atoms with Crippen LogP contribution in [0, 0.1) is 19.8 Å². The summed E-state index contributed by atoms with van der Waals surface area (Å²) in [7, 11) is 0. The van der Waals surface area contributed by atoms with Crippen molar-refractivity contribution in [2.75, 3.05) is 5.33 Å². The van der Waals surface area contributed by atoms with Crippen molar-refractivity contribution in [3.8, 4) is 0 Å². The Kier molecular flexibility index (Phi) is 5.41. The first-order valence-corrected chi connectivity index (χ1v) is 8.39. The van der Waals surface area contributed by atoms with Crippen molar-refractivity contribution in [1.29, 1.82) is 0 Å². The van der Waals surface area contributed by atoms with E-state index in [1.54, 1.807) is 0 Å². The molecule has 0 saturated carbocycles. The number of benzene rings is 1. The van der Waals surface area contributed by atoms with Gasteiger partial charge in [0, 0.05) is 17.6 Å². The zero-order chi connectivity index (χ0) is 14.5. The molecule has 1 aromatic carbocycles. The number of alkyl halides is 1. The highest BCUT2D eigenvalue weighted by Gasteiger charge is 2.13. The van der Waals surface area contributed by atoms with E-state index in [1.165, 1.54) is 16.8 Å². The van der Waals surface area contributed by atoms with E-state index in [0.717, 1.165) is 30.4 Å². The summed E-state index contributed by atoms with van der Waals surface area (Å²) < 4.78 is 2.13. The fourth-order valence-electron chi connectivity index (χ4n) is 2.57. The predicted molar refractivity (Wildman–Crippen MR) is 88.5 cm³/mol. The van der Waals surface area contributed by atoms with Crippen molar-refractivity contribution in [3.63, 3.8) is 0 Å². The first kappa shape index (κ1) is 15.3. The van der Waals surface area contributed by atoms with Crippen molar-refractivity contribution < 1.29 is 0 Å². The second-order valence-corrected chi connectivity index (χ2v) is 6.15. The second-order valence-electron chi connectivity index (χ2n) is 5.51. The molecule has 3 heteroatoms. The third-order valence-electron chi connectivity index (χ3n) is 3.65. The molecular formula is C17H23BrN2. The summed E-state index contributed by atoms with van der Waals surface area (Å²) in [6.07, 6.45) is 2.19. The molecule has 1 aromatic heterocycles. The third kappa shape index (κ3) is 3.95. The molecule has 0 fully saturated rings. The molecule has 2 rings (SSSR count). The summed E-state index contributed by atoms with van der Waals surface area (Å²) in [5, 5.41) is 5.56. The highest BCUT2D eigenvalue weighted by Crippen LogP contribution is 2.18. The summed E-state index contributed by atoms with van der Waals surface area (Å²) in [6, 6.07) is 11.1. The number of hydrogen-bond donors (Lipinski definition) is 0. The minimum absolute atomic E-state index is 0.610. The van der Waals surface area contributed by atoms with Crippen LogP contribution in [0.5, 0.6) is 0 Å². The van der Waals surface area contributed by atoms with Gasteiger partial charge in [-0.3, -0.25) is 4.68 Å². The van der Waals surface area contributed by atoms with Gasteiger partial charge in [0.25, 0.3) is 0 Å². The standard InChI is InChI=1S/C17H23BrN2/c1-4-20-17(9-14(3)19-20)11-16(12-18)10-15-7-5-13(2)6-8-15/h5-9,16H,4,10-12H2,1-3H3. The van der Waals surface area contributed by atoms with Crippen LogP contribution in [0.4, 0.5) is 0 Å². The molecule has 0 saturated heterocycles. The van der Waals surface area contributed by atoms with Gasteiger partial charge in [0.1, 0.15) is 0 Å². The van der Waals surface area contributed by atoms with E-state index in [9.17, 15) is 0 Å². The van der Waals surface area contributed by atoms with Gasteiger partial charge < -0.3 is 0 Å². The Morgan fingerprint density at radius 1 is 1.15 bits per heavy atom. The molecule has 2 aromatic rings. The smallest absolute Gasteiger partial charge is 0.0596 e. The normalized spacial score (nSPS) is 12.6. The lowest BCUT2D eigenvalue weighted by atomic mass is 9.96. The van der Waals surface area contributed by atoms with Gasteiger partial charge in [-0.1, -0.05) is 45.8 Å². The van der Waals surface area contributed by atoms with Crippen molar-refractivity contribution in [3.05, 3.63) is 52.8 Å². The predicted octanol–water partition coefficient (Wildman–Crippen LogP) is 4.32. The van der Waals surface area contributed by atoms with Crippen molar-refractivity contribution >= 4 is 15.9 Å². The molecule has 0 radical (unpaired) electrons. The van der Waals surface area contributed by atoms with Crippen molar-refractivity contribution in [2.24, 2.45) is 5.92 Å². The van der Waals surface area contributed by atoms with Crippen LogP contribution in [0.25, 0.3) is 0 Å². The number of aryl methyl sites for hydroxylation is 3. The fraction of sp³-hybridized carbons (Fsp3) is 0.471. The molecule has 0 spiro atoms. The average Bonchev–Trinajstić information content (AvgIpc) is 2.80. The number of nitrogens with zero attached hydrogens (tertiary/aromatic N) is 2. The Morgan fingerprint density at radius 3 is 2.45 bits per heavy atom. The van der Waals surface area contributed by atoms with Crippen LogP contribution in [0.3, 0.4) is 0 Å². The molecule has 2 nitrogen and oxygen atoms in total. The van der Waals surface area contributed by atoms with Gasteiger partial charge >= 0.3 is 0 Å². The molecule has 0 amide bonds. The van der Waals surface area contributed by atoms with Gasteiger partial charge in [0.2, 0.25) is 0 Å². The first-order chi connectivity index (χ1) is 9.62. The summed E-state index contributed by atoms with van der Waals surface area (Å²) in [5.41, 5.74) is 5.20. The highest BCUT2D eigenvalue weighted by molar-refractivity contribution is 9.09. The van der Waals surface area contributed by atoms with E-state index in [4.69, 9.17) is 0 Å². The molecule has 20 heavy (non-hydrogen) atoms. The van der Waals surface area contributed by atoms with Crippen LogP contribution in [0.15, 0.2) is 30.3 Å². The van der Waals surface area contributed by atoms with E-state index < -0.39 is 0 Å². The van der Waals surface area contributed by atoms with E-state index in [1.807, 2.05) is 0 Å². The monoisotopic (exact) mass is 334 g/mol. The minimum atomic E-state index is 0.610. The molecule has 0 aliphatic carbocycles. The van der Waals surface area contributed by atoms with E-state index in [0.29, 0.717) is 5.92 Å². The molecule has 0 N–H and O–H groups in total. The Hall–Kier alpha value is -1.09.